The molecule has 3 rings (SSSR count). The van der Waals surface area contributed by atoms with Crippen molar-refractivity contribution >= 4 is 11.8 Å². The van der Waals surface area contributed by atoms with E-state index in [0.29, 0.717) is 27.2 Å². The number of nitrogens with zero attached hydrogens (tertiary/aromatic N) is 2. The molecule has 5 nitrogen and oxygen atoms in total. The molecular formula is C15H13F3N2O3S. The fourth-order valence-electron chi connectivity index (χ4n) is 2.64. The van der Waals surface area contributed by atoms with Gasteiger partial charge in [0.05, 0.1) is 11.8 Å². The summed E-state index contributed by atoms with van der Waals surface area (Å²) in [6.07, 6.45) is -4.99. The molecular weight excluding hydrogens is 345 g/mol. The van der Waals surface area contributed by atoms with Crippen LogP contribution in [-0.4, -0.2) is 20.0 Å². The lowest BCUT2D eigenvalue weighted by molar-refractivity contribution is -0.144. The first-order valence-corrected chi connectivity index (χ1v) is 8.04. The standard InChI is InChI=1S/C15H13F3N2O3S/c1-19-12(15(16,17)18)7-13(22)20(14(19)23)8-2-3-11-9(6-8)10(21)4-5-24-11/h2-3,6-7,10,21H,4-5H2,1H3. The third-order valence-electron chi connectivity index (χ3n) is 3.87. The van der Waals surface area contributed by atoms with E-state index in [0.717, 1.165) is 17.7 Å². The first-order valence-electron chi connectivity index (χ1n) is 7.05. The van der Waals surface area contributed by atoms with Crippen molar-refractivity contribution in [3.05, 3.63) is 56.4 Å². The van der Waals surface area contributed by atoms with Crippen LogP contribution >= 0.6 is 11.8 Å². The summed E-state index contributed by atoms with van der Waals surface area (Å²) in [6.45, 7) is 0. The highest BCUT2D eigenvalue weighted by Crippen LogP contribution is 2.36. The van der Waals surface area contributed by atoms with Crippen LogP contribution in [0.2, 0.25) is 0 Å². The summed E-state index contributed by atoms with van der Waals surface area (Å²) in [6, 6.07) is 5.01. The Kier molecular flexibility index (Phi) is 4.08. The molecule has 0 amide bonds. The van der Waals surface area contributed by atoms with Gasteiger partial charge < -0.3 is 5.11 Å². The van der Waals surface area contributed by atoms with Crippen LogP contribution in [0.5, 0.6) is 0 Å². The largest absolute Gasteiger partial charge is 0.431 e. The lowest BCUT2D eigenvalue weighted by Gasteiger charge is -2.22. The number of aromatic nitrogens is 2. The Morgan fingerprint density at radius 3 is 2.62 bits per heavy atom. The Balaban J connectivity index is 2.21. The third kappa shape index (κ3) is 2.78. The molecule has 2 heterocycles. The van der Waals surface area contributed by atoms with E-state index in [1.54, 1.807) is 6.07 Å². The number of rotatable bonds is 1. The minimum atomic E-state index is -4.80. The van der Waals surface area contributed by atoms with Crippen molar-refractivity contribution in [1.82, 2.24) is 9.13 Å². The molecule has 0 fully saturated rings. The second-order valence-electron chi connectivity index (χ2n) is 5.42. The summed E-state index contributed by atoms with van der Waals surface area (Å²) >= 11 is 1.53. The molecule has 9 heteroatoms. The minimum absolute atomic E-state index is 0.134. The van der Waals surface area contributed by atoms with E-state index < -0.39 is 29.2 Å². The third-order valence-corrected chi connectivity index (χ3v) is 4.99. The Hall–Kier alpha value is -2.00. The van der Waals surface area contributed by atoms with Gasteiger partial charge >= 0.3 is 11.9 Å². The lowest BCUT2D eigenvalue weighted by Crippen LogP contribution is -2.40. The number of aliphatic hydroxyl groups excluding tert-OH is 1. The summed E-state index contributed by atoms with van der Waals surface area (Å²) in [4.78, 5) is 25.2. The SMILES string of the molecule is Cn1c(C(F)(F)F)cc(=O)n(-c2ccc3c(c2)C(O)CCS3)c1=O. The molecule has 0 spiro atoms. The zero-order valence-electron chi connectivity index (χ0n) is 12.5. The van der Waals surface area contributed by atoms with E-state index in [4.69, 9.17) is 0 Å². The van der Waals surface area contributed by atoms with Crippen LogP contribution < -0.4 is 11.2 Å². The van der Waals surface area contributed by atoms with Crippen molar-refractivity contribution in [1.29, 1.82) is 0 Å². The fourth-order valence-corrected chi connectivity index (χ4v) is 3.73. The Labute approximate surface area is 138 Å². The van der Waals surface area contributed by atoms with Crippen LogP contribution in [-0.2, 0) is 13.2 Å². The van der Waals surface area contributed by atoms with Crippen molar-refractivity contribution < 1.29 is 18.3 Å². The average Bonchev–Trinajstić information content (AvgIpc) is 2.50. The quantitative estimate of drug-likeness (QED) is 0.848. The highest BCUT2D eigenvalue weighted by molar-refractivity contribution is 7.99. The van der Waals surface area contributed by atoms with Crippen molar-refractivity contribution in [2.75, 3.05) is 5.75 Å². The van der Waals surface area contributed by atoms with Crippen LogP contribution in [0.4, 0.5) is 13.2 Å². The highest BCUT2D eigenvalue weighted by Gasteiger charge is 2.35. The number of hydrogen-bond acceptors (Lipinski definition) is 4. The number of fused-ring (bicyclic) bond motifs is 1. The van der Waals surface area contributed by atoms with Gasteiger partial charge in [0.1, 0.15) is 5.69 Å². The Bertz CT molecular complexity index is 918. The van der Waals surface area contributed by atoms with E-state index in [2.05, 4.69) is 0 Å². The number of hydrogen-bond donors (Lipinski definition) is 1. The summed E-state index contributed by atoms with van der Waals surface area (Å²) < 4.78 is 39.7. The number of alkyl halides is 3. The molecule has 0 aliphatic carbocycles. The van der Waals surface area contributed by atoms with Gasteiger partial charge in [-0.3, -0.25) is 9.36 Å². The smallest absolute Gasteiger partial charge is 0.388 e. The van der Waals surface area contributed by atoms with Gasteiger partial charge in [-0.1, -0.05) is 0 Å². The topological polar surface area (TPSA) is 64.2 Å². The molecule has 0 saturated carbocycles. The van der Waals surface area contributed by atoms with E-state index in [9.17, 15) is 27.9 Å². The van der Waals surface area contributed by atoms with Crippen LogP contribution in [0.25, 0.3) is 5.69 Å². The predicted octanol–water partition coefficient (Wildman–Crippen LogP) is 2.08. The predicted molar refractivity (Wildman–Crippen MR) is 82.6 cm³/mol. The van der Waals surface area contributed by atoms with Gasteiger partial charge in [-0.15, -0.1) is 11.8 Å². The highest BCUT2D eigenvalue weighted by atomic mass is 32.2. The Morgan fingerprint density at radius 1 is 1.25 bits per heavy atom. The minimum Gasteiger partial charge on any atom is -0.388 e. The second-order valence-corrected chi connectivity index (χ2v) is 6.55. The maximum atomic E-state index is 12.9. The molecule has 1 aromatic heterocycles. The molecule has 0 radical (unpaired) electrons. The van der Waals surface area contributed by atoms with Crippen LogP contribution in [0.1, 0.15) is 23.8 Å². The molecule has 1 N–H and O–H groups in total. The van der Waals surface area contributed by atoms with Gasteiger partial charge in [0, 0.05) is 23.8 Å². The fraction of sp³-hybridized carbons (Fsp3) is 0.333. The van der Waals surface area contributed by atoms with E-state index in [-0.39, 0.29) is 5.69 Å². The number of halogens is 3. The van der Waals surface area contributed by atoms with Gasteiger partial charge in [0.25, 0.3) is 5.56 Å². The summed E-state index contributed by atoms with van der Waals surface area (Å²) in [7, 11) is 0.963. The molecule has 24 heavy (non-hydrogen) atoms. The van der Waals surface area contributed by atoms with Crippen molar-refractivity contribution in [3.63, 3.8) is 0 Å². The molecule has 1 unspecified atom stereocenters. The number of aliphatic hydroxyl groups is 1. The van der Waals surface area contributed by atoms with Gasteiger partial charge in [-0.25, -0.2) is 9.36 Å². The van der Waals surface area contributed by atoms with Crippen molar-refractivity contribution in [2.45, 2.75) is 23.6 Å². The van der Waals surface area contributed by atoms with Gasteiger partial charge in [-0.05, 0) is 30.2 Å². The second kappa shape index (κ2) is 5.82. The Morgan fingerprint density at radius 2 is 1.96 bits per heavy atom. The van der Waals surface area contributed by atoms with Crippen molar-refractivity contribution in [3.8, 4) is 5.69 Å². The van der Waals surface area contributed by atoms with Gasteiger partial charge in [-0.2, -0.15) is 13.2 Å². The molecule has 1 aliphatic rings. The summed E-state index contributed by atoms with van der Waals surface area (Å²) in [5.41, 5.74) is -2.76. The first-order chi connectivity index (χ1) is 11.2. The summed E-state index contributed by atoms with van der Waals surface area (Å²) in [5.74, 6) is 0.746. The van der Waals surface area contributed by atoms with E-state index in [1.807, 2.05) is 0 Å². The molecule has 128 valence electrons. The maximum absolute atomic E-state index is 12.9. The average molecular weight is 358 g/mol. The number of benzene rings is 1. The molecule has 1 aliphatic heterocycles. The monoisotopic (exact) mass is 358 g/mol. The van der Waals surface area contributed by atoms with E-state index >= 15 is 0 Å². The van der Waals surface area contributed by atoms with Crippen molar-refractivity contribution in [2.24, 2.45) is 7.05 Å². The van der Waals surface area contributed by atoms with Crippen LogP contribution in [0, 0.1) is 0 Å². The molecule has 0 bridgehead atoms. The van der Waals surface area contributed by atoms with Gasteiger partial charge in [0.15, 0.2) is 0 Å². The maximum Gasteiger partial charge on any atom is 0.431 e. The first kappa shape index (κ1) is 16.8. The zero-order valence-corrected chi connectivity index (χ0v) is 13.3. The zero-order chi connectivity index (χ0) is 17.6. The normalized spacial score (nSPS) is 17.6. The molecule has 0 saturated heterocycles. The molecule has 1 atom stereocenters. The molecule has 1 aromatic carbocycles. The lowest BCUT2D eigenvalue weighted by atomic mass is 10.1. The van der Waals surface area contributed by atoms with Crippen LogP contribution in [0.15, 0.2) is 38.8 Å². The summed E-state index contributed by atoms with van der Waals surface area (Å²) in [5, 5.41) is 10.0. The number of thioether (sulfide) groups is 1. The van der Waals surface area contributed by atoms with E-state index in [1.165, 1.54) is 23.9 Å². The molecule has 2 aromatic rings. The van der Waals surface area contributed by atoms with Crippen LogP contribution in [0.3, 0.4) is 0 Å². The van der Waals surface area contributed by atoms with Gasteiger partial charge in [0.2, 0.25) is 0 Å².